The number of amides is 1. The van der Waals surface area contributed by atoms with Crippen LogP contribution in [0.25, 0.3) is 0 Å². The van der Waals surface area contributed by atoms with Crippen LogP contribution in [-0.4, -0.2) is 38.3 Å². The maximum atomic E-state index is 12.7. The molecule has 0 atom stereocenters. The van der Waals surface area contributed by atoms with Crippen LogP contribution in [0.2, 0.25) is 0 Å². The van der Waals surface area contributed by atoms with Gasteiger partial charge in [0.1, 0.15) is 5.75 Å². The second-order valence-electron chi connectivity index (χ2n) is 6.45. The molecule has 1 heterocycles. The first-order chi connectivity index (χ1) is 13.1. The third-order valence-corrected chi connectivity index (χ3v) is 6.31. The third kappa shape index (κ3) is 5.30. The van der Waals surface area contributed by atoms with Gasteiger partial charge in [-0.15, -0.1) is 0 Å². The normalized spacial score (nSPS) is 15.3. The number of benzene rings is 2. The van der Waals surface area contributed by atoms with E-state index in [0.29, 0.717) is 24.5 Å². The van der Waals surface area contributed by atoms with Gasteiger partial charge in [0.15, 0.2) is 0 Å². The summed E-state index contributed by atoms with van der Waals surface area (Å²) in [6, 6.07) is 15.7. The Morgan fingerprint density at radius 1 is 1.00 bits per heavy atom. The number of hydrogen-bond donors (Lipinski definition) is 1. The number of sulfonamides is 1. The predicted molar refractivity (Wildman–Crippen MR) is 104 cm³/mol. The van der Waals surface area contributed by atoms with E-state index in [4.69, 9.17) is 4.74 Å². The van der Waals surface area contributed by atoms with Crippen LogP contribution in [0.5, 0.6) is 5.75 Å². The molecule has 1 amide bonds. The van der Waals surface area contributed by atoms with Crippen LogP contribution in [-0.2, 0) is 14.8 Å². The zero-order chi connectivity index (χ0) is 19.1. The topological polar surface area (TPSA) is 75.7 Å². The van der Waals surface area contributed by atoms with E-state index in [0.717, 1.165) is 19.3 Å². The number of para-hydroxylation sites is 1. The highest BCUT2D eigenvalue weighted by Crippen LogP contribution is 2.23. The van der Waals surface area contributed by atoms with Crippen LogP contribution in [0, 0.1) is 0 Å². The van der Waals surface area contributed by atoms with Gasteiger partial charge in [-0.05, 0) is 43.2 Å². The van der Waals surface area contributed by atoms with Gasteiger partial charge in [0.2, 0.25) is 15.9 Å². The molecule has 0 aliphatic carbocycles. The van der Waals surface area contributed by atoms with Crippen LogP contribution >= 0.6 is 0 Å². The van der Waals surface area contributed by atoms with Gasteiger partial charge < -0.3 is 10.1 Å². The Morgan fingerprint density at radius 3 is 2.48 bits per heavy atom. The molecule has 0 aromatic heterocycles. The van der Waals surface area contributed by atoms with Crippen molar-refractivity contribution in [2.45, 2.75) is 30.6 Å². The number of hydrogen-bond acceptors (Lipinski definition) is 4. The molecule has 1 aliphatic heterocycles. The number of carbonyl (C=O) groups excluding carboxylic acids is 1. The summed E-state index contributed by atoms with van der Waals surface area (Å²) in [4.78, 5) is 12.3. The maximum absolute atomic E-state index is 12.7. The molecule has 7 heteroatoms. The maximum Gasteiger partial charge on any atom is 0.243 e. The second-order valence-corrected chi connectivity index (χ2v) is 8.39. The molecule has 2 aromatic carbocycles. The van der Waals surface area contributed by atoms with Crippen molar-refractivity contribution in [3.63, 3.8) is 0 Å². The minimum atomic E-state index is -3.52. The standard InChI is InChI=1S/C20H24N2O4S/c23-20(12-15-26-18-9-3-1-4-10-18)21-17-8-7-11-19(16-17)27(24,25)22-13-5-2-6-14-22/h1,3-4,7-11,16H,2,5-6,12-15H2,(H,21,23). The SMILES string of the molecule is O=C(CCOc1ccccc1)Nc1cccc(S(=O)(=O)N2CCCCC2)c1. The minimum absolute atomic E-state index is 0.179. The molecule has 1 N–H and O–H groups in total. The largest absolute Gasteiger partial charge is 0.493 e. The highest BCUT2D eigenvalue weighted by atomic mass is 32.2. The number of nitrogens with one attached hydrogen (secondary N) is 1. The molecular weight excluding hydrogens is 364 g/mol. The fourth-order valence-electron chi connectivity index (χ4n) is 2.99. The fraction of sp³-hybridized carbons (Fsp3) is 0.350. The van der Waals surface area contributed by atoms with E-state index in [2.05, 4.69) is 5.32 Å². The molecule has 1 saturated heterocycles. The third-order valence-electron chi connectivity index (χ3n) is 4.41. The molecule has 0 saturated carbocycles. The van der Waals surface area contributed by atoms with Crippen molar-refractivity contribution in [2.75, 3.05) is 25.0 Å². The summed E-state index contributed by atoms with van der Waals surface area (Å²) >= 11 is 0. The Morgan fingerprint density at radius 2 is 1.74 bits per heavy atom. The van der Waals surface area contributed by atoms with E-state index in [1.807, 2.05) is 30.3 Å². The Hall–Kier alpha value is -2.38. The van der Waals surface area contributed by atoms with Crippen molar-refractivity contribution in [1.82, 2.24) is 4.31 Å². The van der Waals surface area contributed by atoms with Crippen molar-refractivity contribution < 1.29 is 17.9 Å². The summed E-state index contributed by atoms with van der Waals surface area (Å²) in [7, 11) is -3.52. The molecule has 6 nitrogen and oxygen atoms in total. The van der Waals surface area contributed by atoms with E-state index in [-0.39, 0.29) is 23.8 Å². The first kappa shape index (κ1) is 19.4. The monoisotopic (exact) mass is 388 g/mol. The summed E-state index contributed by atoms with van der Waals surface area (Å²) < 4.78 is 32.5. The van der Waals surface area contributed by atoms with Crippen LogP contribution < -0.4 is 10.1 Å². The second kappa shape index (κ2) is 9.01. The molecule has 2 aromatic rings. The molecule has 0 unspecified atom stereocenters. The molecule has 0 spiro atoms. The number of nitrogens with zero attached hydrogens (tertiary/aromatic N) is 1. The molecule has 0 radical (unpaired) electrons. The van der Waals surface area contributed by atoms with Gasteiger partial charge in [0, 0.05) is 18.8 Å². The number of rotatable bonds is 7. The molecule has 1 fully saturated rings. The van der Waals surface area contributed by atoms with Crippen molar-refractivity contribution in [3.8, 4) is 5.75 Å². The van der Waals surface area contributed by atoms with Crippen LogP contribution in [0.3, 0.4) is 0 Å². The molecule has 27 heavy (non-hydrogen) atoms. The van der Waals surface area contributed by atoms with Crippen molar-refractivity contribution in [2.24, 2.45) is 0 Å². The lowest BCUT2D eigenvalue weighted by Gasteiger charge is -2.26. The molecule has 3 rings (SSSR count). The summed E-state index contributed by atoms with van der Waals surface area (Å²) in [6.07, 6.45) is 3.01. The summed E-state index contributed by atoms with van der Waals surface area (Å²) in [5, 5.41) is 2.74. The van der Waals surface area contributed by atoms with E-state index in [1.165, 1.54) is 10.4 Å². The smallest absolute Gasteiger partial charge is 0.243 e. The zero-order valence-electron chi connectivity index (χ0n) is 15.1. The highest BCUT2D eigenvalue weighted by Gasteiger charge is 2.26. The van der Waals surface area contributed by atoms with E-state index in [1.54, 1.807) is 18.2 Å². The molecule has 0 bridgehead atoms. The summed E-state index contributed by atoms with van der Waals surface area (Å²) in [5.74, 6) is 0.485. The average molecular weight is 388 g/mol. The minimum Gasteiger partial charge on any atom is -0.493 e. The lowest BCUT2D eigenvalue weighted by Crippen LogP contribution is -2.35. The zero-order valence-corrected chi connectivity index (χ0v) is 16.0. The Balaban J connectivity index is 1.57. The Kier molecular flexibility index (Phi) is 6.47. The Labute approximate surface area is 160 Å². The average Bonchev–Trinajstić information content (AvgIpc) is 2.70. The lowest BCUT2D eigenvalue weighted by molar-refractivity contribution is -0.116. The summed E-state index contributed by atoms with van der Waals surface area (Å²) in [6.45, 7) is 1.35. The van der Waals surface area contributed by atoms with E-state index < -0.39 is 10.0 Å². The van der Waals surface area contributed by atoms with Gasteiger partial charge in [-0.3, -0.25) is 4.79 Å². The van der Waals surface area contributed by atoms with Gasteiger partial charge >= 0.3 is 0 Å². The van der Waals surface area contributed by atoms with Crippen molar-refractivity contribution in [1.29, 1.82) is 0 Å². The van der Waals surface area contributed by atoms with Gasteiger partial charge in [-0.2, -0.15) is 4.31 Å². The fourth-order valence-corrected chi connectivity index (χ4v) is 4.55. The highest BCUT2D eigenvalue weighted by molar-refractivity contribution is 7.89. The molecular formula is C20H24N2O4S. The number of anilines is 1. The number of carbonyl (C=O) groups is 1. The number of piperidine rings is 1. The Bertz CT molecular complexity index is 863. The molecule has 144 valence electrons. The lowest BCUT2D eigenvalue weighted by atomic mass is 10.2. The number of ether oxygens (including phenoxy) is 1. The first-order valence-electron chi connectivity index (χ1n) is 9.14. The van der Waals surface area contributed by atoms with E-state index >= 15 is 0 Å². The van der Waals surface area contributed by atoms with Crippen molar-refractivity contribution in [3.05, 3.63) is 54.6 Å². The van der Waals surface area contributed by atoms with Crippen molar-refractivity contribution >= 4 is 21.6 Å². The summed E-state index contributed by atoms with van der Waals surface area (Å²) in [5.41, 5.74) is 0.470. The van der Waals surface area contributed by atoms with Gasteiger partial charge in [0.25, 0.3) is 0 Å². The van der Waals surface area contributed by atoms with Gasteiger partial charge in [0.05, 0.1) is 17.9 Å². The van der Waals surface area contributed by atoms with E-state index in [9.17, 15) is 13.2 Å². The quantitative estimate of drug-likeness (QED) is 0.790. The van der Waals surface area contributed by atoms with Gasteiger partial charge in [-0.25, -0.2) is 8.42 Å². The molecule has 1 aliphatic rings. The van der Waals surface area contributed by atoms with Crippen LogP contribution in [0.1, 0.15) is 25.7 Å². The van der Waals surface area contributed by atoms with Gasteiger partial charge in [-0.1, -0.05) is 30.7 Å². The first-order valence-corrected chi connectivity index (χ1v) is 10.6. The van der Waals surface area contributed by atoms with Crippen LogP contribution in [0.4, 0.5) is 5.69 Å². The van der Waals surface area contributed by atoms with Crippen LogP contribution in [0.15, 0.2) is 59.5 Å². The predicted octanol–water partition coefficient (Wildman–Crippen LogP) is 3.27.